The fraction of sp³-hybridized carbons (Fsp3) is 0.316. The van der Waals surface area contributed by atoms with E-state index in [0.29, 0.717) is 17.4 Å². The molecule has 1 atom stereocenters. The second-order valence-electron chi connectivity index (χ2n) is 5.98. The zero-order valence-corrected chi connectivity index (χ0v) is 14.1. The summed E-state index contributed by atoms with van der Waals surface area (Å²) < 4.78 is 13.9. The molecule has 2 heterocycles. The Morgan fingerprint density at radius 1 is 1.17 bits per heavy atom. The standard InChI is InChI=1S/C19H19ClN2O2/c20-15-7-1-4-10-18(15)24-13-19-21-16-8-2-3-9-17(16)22(19)12-14-6-5-11-23-14/h1-4,7-10,14H,5-6,11-13H2. The van der Waals surface area contributed by atoms with Crippen LogP contribution in [0.1, 0.15) is 18.7 Å². The molecule has 1 saturated heterocycles. The van der Waals surface area contributed by atoms with Gasteiger partial charge < -0.3 is 14.0 Å². The van der Waals surface area contributed by atoms with Gasteiger partial charge in [-0.05, 0) is 37.1 Å². The maximum Gasteiger partial charge on any atom is 0.148 e. The van der Waals surface area contributed by atoms with Crippen LogP contribution in [0.4, 0.5) is 0 Å². The molecule has 0 aliphatic carbocycles. The first-order chi connectivity index (χ1) is 11.8. The van der Waals surface area contributed by atoms with Gasteiger partial charge >= 0.3 is 0 Å². The van der Waals surface area contributed by atoms with Gasteiger partial charge in [0.1, 0.15) is 18.2 Å². The molecule has 1 unspecified atom stereocenters. The lowest BCUT2D eigenvalue weighted by molar-refractivity contribution is 0.0963. The number of para-hydroxylation sites is 3. The minimum atomic E-state index is 0.252. The molecule has 0 bridgehead atoms. The zero-order valence-electron chi connectivity index (χ0n) is 13.3. The molecule has 24 heavy (non-hydrogen) atoms. The van der Waals surface area contributed by atoms with Gasteiger partial charge in [0.05, 0.1) is 28.7 Å². The summed E-state index contributed by atoms with van der Waals surface area (Å²) in [7, 11) is 0. The van der Waals surface area contributed by atoms with E-state index in [1.807, 2.05) is 42.5 Å². The number of rotatable bonds is 5. The molecular formula is C19H19ClN2O2. The Kier molecular flexibility index (Phi) is 4.41. The van der Waals surface area contributed by atoms with E-state index >= 15 is 0 Å². The van der Waals surface area contributed by atoms with Crippen LogP contribution in [-0.4, -0.2) is 22.3 Å². The molecule has 1 aliphatic heterocycles. The third kappa shape index (κ3) is 3.12. The summed E-state index contributed by atoms with van der Waals surface area (Å²) in [5.41, 5.74) is 2.10. The molecule has 0 amide bonds. The number of imidazole rings is 1. The van der Waals surface area contributed by atoms with Crippen molar-refractivity contribution in [2.75, 3.05) is 6.61 Å². The van der Waals surface area contributed by atoms with Gasteiger partial charge in [-0.15, -0.1) is 0 Å². The number of hydrogen-bond donors (Lipinski definition) is 0. The van der Waals surface area contributed by atoms with E-state index in [1.165, 1.54) is 0 Å². The van der Waals surface area contributed by atoms with Crippen molar-refractivity contribution >= 4 is 22.6 Å². The lowest BCUT2D eigenvalue weighted by atomic mass is 10.2. The van der Waals surface area contributed by atoms with E-state index < -0.39 is 0 Å². The second-order valence-corrected chi connectivity index (χ2v) is 6.39. The number of fused-ring (bicyclic) bond motifs is 1. The van der Waals surface area contributed by atoms with Crippen molar-refractivity contribution in [1.82, 2.24) is 9.55 Å². The second kappa shape index (κ2) is 6.83. The average molecular weight is 343 g/mol. The fourth-order valence-electron chi connectivity index (χ4n) is 3.14. The molecule has 0 radical (unpaired) electrons. The van der Waals surface area contributed by atoms with Crippen LogP contribution in [0.15, 0.2) is 48.5 Å². The molecule has 1 aliphatic rings. The Morgan fingerprint density at radius 2 is 2.00 bits per heavy atom. The first-order valence-corrected chi connectivity index (χ1v) is 8.62. The minimum Gasteiger partial charge on any atom is -0.484 e. The SMILES string of the molecule is Clc1ccccc1OCc1nc2ccccc2n1CC1CCCO1. The third-order valence-electron chi connectivity index (χ3n) is 4.34. The number of aromatic nitrogens is 2. The van der Waals surface area contributed by atoms with Crippen molar-refractivity contribution < 1.29 is 9.47 Å². The number of ether oxygens (including phenoxy) is 2. The van der Waals surface area contributed by atoms with Gasteiger partial charge in [0.25, 0.3) is 0 Å². The Bertz CT molecular complexity index is 840. The van der Waals surface area contributed by atoms with Gasteiger partial charge in [-0.3, -0.25) is 0 Å². The van der Waals surface area contributed by atoms with Gasteiger partial charge in [-0.2, -0.15) is 0 Å². The van der Waals surface area contributed by atoms with Crippen LogP contribution in [0, 0.1) is 0 Å². The highest BCUT2D eigenvalue weighted by Gasteiger charge is 2.20. The van der Waals surface area contributed by atoms with Crippen molar-refractivity contribution in [2.24, 2.45) is 0 Å². The summed E-state index contributed by atoms with van der Waals surface area (Å²) in [5.74, 6) is 1.57. The van der Waals surface area contributed by atoms with Gasteiger partial charge in [0, 0.05) is 6.61 Å². The van der Waals surface area contributed by atoms with Crippen LogP contribution < -0.4 is 4.74 Å². The summed E-state index contributed by atoms with van der Waals surface area (Å²) in [6, 6.07) is 15.7. The van der Waals surface area contributed by atoms with E-state index in [-0.39, 0.29) is 6.10 Å². The van der Waals surface area contributed by atoms with Crippen LogP contribution in [0.2, 0.25) is 5.02 Å². The summed E-state index contributed by atoms with van der Waals surface area (Å²) in [6.45, 7) is 2.04. The van der Waals surface area contributed by atoms with Crippen LogP contribution in [-0.2, 0) is 17.9 Å². The van der Waals surface area contributed by atoms with E-state index in [4.69, 9.17) is 26.1 Å². The fourth-order valence-corrected chi connectivity index (χ4v) is 3.33. The van der Waals surface area contributed by atoms with Crippen molar-refractivity contribution in [2.45, 2.75) is 32.1 Å². The average Bonchev–Trinajstić information content (AvgIpc) is 3.23. The Balaban J connectivity index is 1.62. The monoisotopic (exact) mass is 342 g/mol. The molecule has 0 spiro atoms. The molecule has 0 saturated carbocycles. The summed E-state index contributed by atoms with van der Waals surface area (Å²) in [6.07, 6.45) is 2.47. The summed E-state index contributed by atoms with van der Waals surface area (Å²) in [5, 5.41) is 0.610. The maximum atomic E-state index is 6.17. The highest BCUT2D eigenvalue weighted by Crippen LogP contribution is 2.25. The van der Waals surface area contributed by atoms with Crippen LogP contribution >= 0.6 is 11.6 Å². The zero-order chi connectivity index (χ0) is 16.4. The predicted octanol–water partition coefficient (Wildman–Crippen LogP) is 4.45. The molecule has 1 fully saturated rings. The summed E-state index contributed by atoms with van der Waals surface area (Å²) >= 11 is 6.17. The topological polar surface area (TPSA) is 36.3 Å². The highest BCUT2D eigenvalue weighted by molar-refractivity contribution is 6.32. The Morgan fingerprint density at radius 3 is 2.83 bits per heavy atom. The minimum absolute atomic E-state index is 0.252. The molecule has 4 nitrogen and oxygen atoms in total. The molecule has 3 aromatic rings. The van der Waals surface area contributed by atoms with E-state index in [0.717, 1.165) is 42.9 Å². The lowest BCUT2D eigenvalue weighted by Gasteiger charge is -2.15. The van der Waals surface area contributed by atoms with Gasteiger partial charge in [-0.25, -0.2) is 4.98 Å². The Labute approximate surface area is 146 Å². The quantitative estimate of drug-likeness (QED) is 0.687. The van der Waals surface area contributed by atoms with Crippen molar-refractivity contribution in [3.8, 4) is 5.75 Å². The van der Waals surface area contributed by atoms with Gasteiger partial charge in [0.15, 0.2) is 0 Å². The van der Waals surface area contributed by atoms with E-state index in [2.05, 4.69) is 10.6 Å². The molecule has 1 aromatic heterocycles. The van der Waals surface area contributed by atoms with Crippen LogP contribution in [0.5, 0.6) is 5.75 Å². The third-order valence-corrected chi connectivity index (χ3v) is 4.65. The molecule has 124 valence electrons. The molecule has 0 N–H and O–H groups in total. The molecular weight excluding hydrogens is 324 g/mol. The van der Waals surface area contributed by atoms with Crippen molar-refractivity contribution in [3.63, 3.8) is 0 Å². The molecule has 4 rings (SSSR count). The molecule has 2 aromatic carbocycles. The Hall–Kier alpha value is -2.04. The first kappa shape index (κ1) is 15.5. The van der Waals surface area contributed by atoms with Crippen molar-refractivity contribution in [1.29, 1.82) is 0 Å². The summed E-state index contributed by atoms with van der Waals surface area (Å²) in [4.78, 5) is 4.74. The van der Waals surface area contributed by atoms with E-state index in [9.17, 15) is 0 Å². The van der Waals surface area contributed by atoms with E-state index in [1.54, 1.807) is 0 Å². The number of benzene rings is 2. The van der Waals surface area contributed by atoms with Crippen LogP contribution in [0.25, 0.3) is 11.0 Å². The number of halogens is 1. The lowest BCUT2D eigenvalue weighted by Crippen LogP contribution is -2.18. The molecule has 5 heteroatoms. The smallest absolute Gasteiger partial charge is 0.148 e. The first-order valence-electron chi connectivity index (χ1n) is 8.24. The largest absolute Gasteiger partial charge is 0.484 e. The van der Waals surface area contributed by atoms with Gasteiger partial charge in [-0.1, -0.05) is 35.9 Å². The van der Waals surface area contributed by atoms with Gasteiger partial charge in [0.2, 0.25) is 0 Å². The van der Waals surface area contributed by atoms with Crippen LogP contribution in [0.3, 0.4) is 0 Å². The predicted molar refractivity (Wildman–Crippen MR) is 94.5 cm³/mol. The number of nitrogens with zero attached hydrogens (tertiary/aromatic N) is 2. The normalized spacial score (nSPS) is 17.5. The highest BCUT2D eigenvalue weighted by atomic mass is 35.5. The number of hydrogen-bond acceptors (Lipinski definition) is 3. The maximum absolute atomic E-state index is 6.17. The van der Waals surface area contributed by atoms with Crippen molar-refractivity contribution in [3.05, 3.63) is 59.4 Å².